The van der Waals surface area contributed by atoms with E-state index in [1.807, 2.05) is 51.1 Å². The molecule has 3 heterocycles. The summed E-state index contributed by atoms with van der Waals surface area (Å²) in [5, 5.41) is 8.12. The molecular weight excluding hydrogens is 344 g/mol. The summed E-state index contributed by atoms with van der Waals surface area (Å²) >= 11 is 0. The molecule has 4 rings (SSSR count). The summed E-state index contributed by atoms with van der Waals surface area (Å²) in [5.41, 5.74) is 8.80. The number of nitrogens with zero attached hydrogens (tertiary/aromatic N) is 4. The Morgan fingerprint density at radius 1 is 1.30 bits per heavy atom. The maximum absolute atomic E-state index is 12.6. The second kappa shape index (κ2) is 6.39. The van der Waals surface area contributed by atoms with Crippen LogP contribution in [0, 0.1) is 13.8 Å². The zero-order valence-corrected chi connectivity index (χ0v) is 15.4. The van der Waals surface area contributed by atoms with Gasteiger partial charge in [-0.15, -0.1) is 5.10 Å². The summed E-state index contributed by atoms with van der Waals surface area (Å²) in [6.07, 6.45) is 0.185. The highest BCUT2D eigenvalue weighted by Crippen LogP contribution is 2.24. The van der Waals surface area contributed by atoms with E-state index in [-0.39, 0.29) is 24.3 Å². The Kier molecular flexibility index (Phi) is 4.02. The fourth-order valence-electron chi connectivity index (χ4n) is 3.22. The number of carbonyl (C=O) groups is 1. The van der Waals surface area contributed by atoms with Crippen molar-refractivity contribution in [2.75, 3.05) is 5.73 Å². The minimum atomic E-state index is -0.246. The van der Waals surface area contributed by atoms with E-state index in [0.29, 0.717) is 5.78 Å². The molecule has 1 aromatic carbocycles. The highest BCUT2D eigenvalue weighted by molar-refractivity contribution is 5.80. The second-order valence-corrected chi connectivity index (χ2v) is 6.60. The lowest BCUT2D eigenvalue weighted by atomic mass is 10.1. The van der Waals surface area contributed by atoms with Gasteiger partial charge in [0, 0.05) is 22.3 Å². The van der Waals surface area contributed by atoms with Crippen molar-refractivity contribution in [2.45, 2.75) is 33.2 Å². The number of furan rings is 1. The minimum absolute atomic E-state index is 0.122. The van der Waals surface area contributed by atoms with Gasteiger partial charge in [0.2, 0.25) is 11.9 Å². The van der Waals surface area contributed by atoms with Crippen LogP contribution in [0.3, 0.4) is 0 Å². The molecule has 0 unspecified atom stereocenters. The topological polar surface area (TPSA) is 111 Å². The van der Waals surface area contributed by atoms with E-state index in [2.05, 4.69) is 20.4 Å². The first-order chi connectivity index (χ1) is 12.9. The van der Waals surface area contributed by atoms with Crippen LogP contribution in [0.1, 0.15) is 35.7 Å². The fraction of sp³-hybridized carbons (Fsp3) is 0.263. The molecule has 0 saturated carbocycles. The molecule has 0 fully saturated rings. The molecule has 0 radical (unpaired) electrons. The number of para-hydroxylation sites is 1. The molecule has 0 aliphatic rings. The number of carbonyl (C=O) groups excluding carboxylic acids is 1. The average Bonchev–Trinajstić information content (AvgIpc) is 3.21. The van der Waals surface area contributed by atoms with Gasteiger partial charge >= 0.3 is 0 Å². The predicted octanol–water partition coefficient (Wildman–Crippen LogP) is 2.49. The summed E-state index contributed by atoms with van der Waals surface area (Å²) < 4.78 is 7.39. The largest absolute Gasteiger partial charge is 0.459 e. The third-order valence-corrected chi connectivity index (χ3v) is 4.65. The van der Waals surface area contributed by atoms with E-state index in [0.717, 1.165) is 33.7 Å². The van der Waals surface area contributed by atoms with Gasteiger partial charge < -0.3 is 15.5 Å². The summed E-state index contributed by atoms with van der Waals surface area (Å²) in [6.45, 7) is 5.62. The van der Waals surface area contributed by atoms with Crippen LogP contribution < -0.4 is 11.1 Å². The van der Waals surface area contributed by atoms with Crippen molar-refractivity contribution in [3.63, 3.8) is 0 Å². The lowest BCUT2D eigenvalue weighted by Gasteiger charge is -2.14. The summed E-state index contributed by atoms with van der Waals surface area (Å²) in [5.74, 6) is 1.19. The quantitative estimate of drug-likeness (QED) is 0.575. The monoisotopic (exact) mass is 364 g/mol. The average molecular weight is 364 g/mol. The van der Waals surface area contributed by atoms with Crippen LogP contribution in [0.25, 0.3) is 16.7 Å². The molecule has 27 heavy (non-hydrogen) atoms. The Morgan fingerprint density at radius 2 is 2.07 bits per heavy atom. The number of anilines is 1. The normalized spacial score (nSPS) is 12.6. The van der Waals surface area contributed by atoms with Crippen molar-refractivity contribution in [1.82, 2.24) is 24.9 Å². The summed E-state index contributed by atoms with van der Waals surface area (Å²) in [7, 11) is 0. The van der Waals surface area contributed by atoms with Crippen LogP contribution in [0.2, 0.25) is 0 Å². The number of nitrogens with one attached hydrogen (secondary N) is 1. The van der Waals surface area contributed by atoms with Crippen molar-refractivity contribution in [3.8, 4) is 0 Å². The third-order valence-electron chi connectivity index (χ3n) is 4.65. The van der Waals surface area contributed by atoms with Gasteiger partial charge in [-0.3, -0.25) is 4.79 Å². The van der Waals surface area contributed by atoms with E-state index >= 15 is 0 Å². The van der Waals surface area contributed by atoms with Gasteiger partial charge in [0.1, 0.15) is 11.3 Å². The molecular formula is C19H20N6O2. The van der Waals surface area contributed by atoms with E-state index < -0.39 is 0 Å². The van der Waals surface area contributed by atoms with Crippen LogP contribution >= 0.6 is 0 Å². The number of amides is 1. The van der Waals surface area contributed by atoms with E-state index in [4.69, 9.17) is 10.2 Å². The number of nitrogen functional groups attached to an aromatic ring is 1. The van der Waals surface area contributed by atoms with Gasteiger partial charge in [0.05, 0.1) is 12.5 Å². The molecule has 1 amide bonds. The summed E-state index contributed by atoms with van der Waals surface area (Å²) in [6, 6.07) is 9.46. The molecule has 0 bridgehead atoms. The first-order valence-electron chi connectivity index (χ1n) is 8.68. The Labute approximate surface area is 155 Å². The van der Waals surface area contributed by atoms with Crippen molar-refractivity contribution in [3.05, 3.63) is 53.0 Å². The van der Waals surface area contributed by atoms with E-state index in [9.17, 15) is 4.79 Å². The van der Waals surface area contributed by atoms with Crippen molar-refractivity contribution >= 4 is 28.6 Å². The molecule has 3 aromatic heterocycles. The number of hydrogen-bond donors (Lipinski definition) is 2. The Balaban J connectivity index is 1.54. The summed E-state index contributed by atoms with van der Waals surface area (Å²) in [4.78, 5) is 21.1. The maximum Gasteiger partial charge on any atom is 0.254 e. The SMILES string of the molecule is Cc1nc2nc(N)nn2c(C)c1CC(=O)N[C@@H](C)c1cc2ccccc2o1. The molecule has 0 aliphatic carbocycles. The highest BCUT2D eigenvalue weighted by atomic mass is 16.3. The Morgan fingerprint density at radius 3 is 2.85 bits per heavy atom. The molecule has 0 aliphatic heterocycles. The molecule has 138 valence electrons. The molecule has 0 saturated heterocycles. The van der Waals surface area contributed by atoms with Crippen LogP contribution in [-0.4, -0.2) is 25.5 Å². The molecule has 0 spiro atoms. The third kappa shape index (κ3) is 3.10. The molecule has 8 nitrogen and oxygen atoms in total. The Bertz CT molecular complexity index is 1130. The van der Waals surface area contributed by atoms with Gasteiger partial charge in [0.15, 0.2) is 0 Å². The number of aryl methyl sites for hydroxylation is 2. The first-order valence-corrected chi connectivity index (χ1v) is 8.68. The molecule has 8 heteroatoms. The van der Waals surface area contributed by atoms with Crippen molar-refractivity contribution in [1.29, 1.82) is 0 Å². The predicted molar refractivity (Wildman–Crippen MR) is 101 cm³/mol. The first kappa shape index (κ1) is 17.0. The second-order valence-electron chi connectivity index (χ2n) is 6.60. The Hall–Kier alpha value is -3.42. The van der Waals surface area contributed by atoms with Gasteiger partial charge in [-0.05, 0) is 32.9 Å². The van der Waals surface area contributed by atoms with Gasteiger partial charge in [-0.1, -0.05) is 18.2 Å². The number of nitrogens with two attached hydrogens (primary N) is 1. The number of aromatic nitrogens is 4. The number of fused-ring (bicyclic) bond motifs is 2. The van der Waals surface area contributed by atoms with E-state index in [1.165, 1.54) is 0 Å². The fourth-order valence-corrected chi connectivity index (χ4v) is 3.22. The van der Waals surface area contributed by atoms with Crippen molar-refractivity contribution in [2.24, 2.45) is 0 Å². The number of hydrogen-bond acceptors (Lipinski definition) is 6. The van der Waals surface area contributed by atoms with Gasteiger partial charge in [0.25, 0.3) is 5.78 Å². The standard InChI is InChI=1S/C19H20N6O2/c1-10-14(12(3)25-19(22-10)23-18(20)24-25)9-17(26)21-11(2)16-8-13-6-4-5-7-15(13)27-16/h4-8,11H,9H2,1-3H3,(H2,20,24)(H,21,26)/t11-/m0/s1. The maximum atomic E-state index is 12.6. The molecule has 3 N–H and O–H groups in total. The van der Waals surface area contributed by atoms with Crippen LogP contribution in [0.5, 0.6) is 0 Å². The lowest BCUT2D eigenvalue weighted by molar-refractivity contribution is -0.121. The molecule has 1 atom stereocenters. The number of rotatable bonds is 4. The van der Waals surface area contributed by atoms with Gasteiger partial charge in [-0.2, -0.15) is 9.50 Å². The molecule has 4 aromatic rings. The number of benzene rings is 1. The van der Waals surface area contributed by atoms with Gasteiger partial charge in [-0.25, -0.2) is 4.98 Å². The zero-order valence-electron chi connectivity index (χ0n) is 15.4. The smallest absolute Gasteiger partial charge is 0.254 e. The van der Waals surface area contributed by atoms with Crippen LogP contribution in [-0.2, 0) is 11.2 Å². The van der Waals surface area contributed by atoms with Crippen molar-refractivity contribution < 1.29 is 9.21 Å². The minimum Gasteiger partial charge on any atom is -0.459 e. The highest BCUT2D eigenvalue weighted by Gasteiger charge is 2.18. The van der Waals surface area contributed by atoms with E-state index in [1.54, 1.807) is 4.52 Å². The van der Waals surface area contributed by atoms with Crippen LogP contribution in [0.4, 0.5) is 5.95 Å². The lowest BCUT2D eigenvalue weighted by Crippen LogP contribution is -2.28. The van der Waals surface area contributed by atoms with Crippen LogP contribution in [0.15, 0.2) is 34.7 Å². The zero-order chi connectivity index (χ0) is 19.1.